The summed E-state index contributed by atoms with van der Waals surface area (Å²) >= 11 is 7.00. The molecule has 8 nitrogen and oxygen atoms in total. The molecule has 1 aliphatic carbocycles. The van der Waals surface area contributed by atoms with E-state index in [0.717, 1.165) is 79.4 Å². The van der Waals surface area contributed by atoms with E-state index in [1.807, 2.05) is 54.6 Å². The number of aromatic nitrogens is 3. The minimum absolute atomic E-state index is 0.157. The van der Waals surface area contributed by atoms with Gasteiger partial charge in [-0.3, -0.25) is 4.90 Å². The minimum atomic E-state index is -0.157. The van der Waals surface area contributed by atoms with Crippen molar-refractivity contribution in [3.05, 3.63) is 137 Å². The Balaban J connectivity index is 1.26. The van der Waals surface area contributed by atoms with E-state index in [1.54, 1.807) is 18.8 Å². The Morgan fingerprint density at radius 2 is 1.87 bits per heavy atom. The fourth-order valence-electron chi connectivity index (χ4n) is 5.98. The molecule has 2 aromatic carbocycles. The van der Waals surface area contributed by atoms with Gasteiger partial charge in [-0.05, 0) is 42.0 Å². The van der Waals surface area contributed by atoms with Crippen molar-refractivity contribution in [2.24, 2.45) is 0 Å². The van der Waals surface area contributed by atoms with E-state index in [1.165, 1.54) is 5.57 Å². The summed E-state index contributed by atoms with van der Waals surface area (Å²) in [6, 6.07) is 22.0. The molecule has 1 atom stereocenters. The van der Waals surface area contributed by atoms with Gasteiger partial charge in [0.2, 0.25) is 0 Å². The molecule has 0 saturated carbocycles. The van der Waals surface area contributed by atoms with Crippen molar-refractivity contribution in [1.82, 2.24) is 19.6 Å². The SMILES string of the molecule is CCCCn1c(-c2ccccc2)nc(Cl)c1CN(CCCc1cc(OCc2ccccc2)no1)C(C1=CC=CCC1)C1=COC=CO1. The maximum Gasteiger partial charge on any atom is 0.254 e. The lowest BCUT2D eigenvalue weighted by Crippen LogP contribution is -2.40. The first-order chi connectivity index (χ1) is 23.2. The second kappa shape index (κ2) is 16.3. The van der Waals surface area contributed by atoms with Crippen LogP contribution in [-0.2, 0) is 35.6 Å². The third kappa shape index (κ3) is 8.44. The molecular weight excluding hydrogens is 612 g/mol. The van der Waals surface area contributed by atoms with Crippen molar-refractivity contribution in [1.29, 1.82) is 0 Å². The first-order valence-corrected chi connectivity index (χ1v) is 16.8. The predicted molar refractivity (Wildman–Crippen MR) is 183 cm³/mol. The molecular formula is C38H41ClN4O4. The van der Waals surface area contributed by atoms with Gasteiger partial charge in [-0.25, -0.2) is 4.98 Å². The summed E-state index contributed by atoms with van der Waals surface area (Å²) in [5, 5.41) is 4.67. The molecule has 0 bridgehead atoms. The molecule has 47 heavy (non-hydrogen) atoms. The number of imidazole rings is 1. The number of nitrogens with zero attached hydrogens (tertiary/aromatic N) is 4. The Morgan fingerprint density at radius 1 is 1.04 bits per heavy atom. The lowest BCUT2D eigenvalue weighted by Gasteiger charge is -2.35. The van der Waals surface area contributed by atoms with Crippen LogP contribution >= 0.6 is 11.6 Å². The second-order valence-electron chi connectivity index (χ2n) is 11.7. The average Bonchev–Trinajstić information content (AvgIpc) is 3.71. The van der Waals surface area contributed by atoms with Crippen molar-refractivity contribution in [2.45, 2.75) is 71.2 Å². The number of benzene rings is 2. The van der Waals surface area contributed by atoms with E-state index < -0.39 is 0 Å². The van der Waals surface area contributed by atoms with Gasteiger partial charge >= 0.3 is 0 Å². The topological polar surface area (TPSA) is 74.8 Å². The van der Waals surface area contributed by atoms with E-state index in [-0.39, 0.29) is 6.04 Å². The van der Waals surface area contributed by atoms with Gasteiger partial charge in [0, 0.05) is 37.7 Å². The van der Waals surface area contributed by atoms with Crippen LogP contribution < -0.4 is 4.74 Å². The third-order valence-electron chi connectivity index (χ3n) is 8.33. The molecule has 0 spiro atoms. The second-order valence-corrected chi connectivity index (χ2v) is 12.0. The number of aryl methyl sites for hydroxylation is 1. The molecule has 1 unspecified atom stereocenters. The number of hydrogen-bond donors (Lipinski definition) is 0. The maximum atomic E-state index is 7.00. The first-order valence-electron chi connectivity index (χ1n) is 16.4. The number of unbranched alkanes of at least 4 members (excludes halogenated alkanes) is 1. The monoisotopic (exact) mass is 652 g/mol. The van der Waals surface area contributed by atoms with Crippen LogP contribution in [-0.4, -0.2) is 32.2 Å². The normalized spacial score (nSPS) is 14.8. The number of hydrogen-bond acceptors (Lipinski definition) is 7. The smallest absolute Gasteiger partial charge is 0.254 e. The first kappa shape index (κ1) is 32.4. The predicted octanol–water partition coefficient (Wildman–Crippen LogP) is 9.01. The van der Waals surface area contributed by atoms with E-state index in [0.29, 0.717) is 30.6 Å². The van der Waals surface area contributed by atoms with Crippen LogP contribution in [0.25, 0.3) is 11.4 Å². The molecule has 3 heterocycles. The molecule has 2 aliphatic rings. The molecule has 0 radical (unpaired) electrons. The largest absolute Gasteiger partial charge is 0.471 e. The van der Waals surface area contributed by atoms with Crippen molar-refractivity contribution >= 4 is 11.6 Å². The van der Waals surface area contributed by atoms with Crippen LogP contribution in [0.4, 0.5) is 0 Å². The number of ether oxygens (including phenoxy) is 3. The summed E-state index contributed by atoms with van der Waals surface area (Å²) in [6.07, 6.45) is 16.8. The zero-order valence-electron chi connectivity index (χ0n) is 26.8. The number of halogens is 1. The van der Waals surface area contributed by atoms with E-state index in [9.17, 15) is 0 Å². The highest BCUT2D eigenvalue weighted by Crippen LogP contribution is 2.33. The zero-order chi connectivity index (χ0) is 32.3. The highest BCUT2D eigenvalue weighted by Gasteiger charge is 2.31. The Bertz CT molecular complexity index is 1710. The van der Waals surface area contributed by atoms with Crippen LogP contribution in [0.1, 0.15) is 56.0 Å². The van der Waals surface area contributed by atoms with E-state index in [4.69, 9.17) is 35.3 Å². The Kier molecular flexibility index (Phi) is 11.3. The highest BCUT2D eigenvalue weighted by molar-refractivity contribution is 6.30. The van der Waals surface area contributed by atoms with Crippen molar-refractivity contribution in [3.8, 4) is 17.3 Å². The van der Waals surface area contributed by atoms with Gasteiger partial charge in [-0.1, -0.05) is 104 Å². The summed E-state index contributed by atoms with van der Waals surface area (Å²) < 4.78 is 25.6. The minimum Gasteiger partial charge on any atom is -0.471 e. The van der Waals surface area contributed by atoms with Crippen LogP contribution in [0.3, 0.4) is 0 Å². The number of allylic oxidation sites excluding steroid dienone is 3. The van der Waals surface area contributed by atoms with Gasteiger partial charge in [0.1, 0.15) is 37.0 Å². The zero-order valence-corrected chi connectivity index (χ0v) is 27.5. The molecule has 0 saturated heterocycles. The van der Waals surface area contributed by atoms with Crippen molar-refractivity contribution in [2.75, 3.05) is 6.54 Å². The van der Waals surface area contributed by atoms with Gasteiger partial charge in [-0.2, -0.15) is 0 Å². The third-order valence-corrected chi connectivity index (χ3v) is 8.64. The molecule has 0 fully saturated rings. The molecule has 0 N–H and O–H groups in total. The summed E-state index contributed by atoms with van der Waals surface area (Å²) in [4.78, 5) is 7.32. The summed E-state index contributed by atoms with van der Waals surface area (Å²) in [5.41, 5.74) is 4.37. The lowest BCUT2D eigenvalue weighted by molar-refractivity contribution is 0.150. The van der Waals surface area contributed by atoms with Crippen molar-refractivity contribution in [3.63, 3.8) is 0 Å². The van der Waals surface area contributed by atoms with Crippen LogP contribution in [0.2, 0.25) is 5.15 Å². The quantitative estimate of drug-likeness (QED) is 0.120. The maximum absolute atomic E-state index is 7.00. The standard InChI is InChI=1S/C38H41ClN4O4/c1-2-3-22-43-33(37(39)40-38(43)31-18-11-6-12-19-31)26-42(36(30-16-9-5-10-17-30)34-28-44-23-24-45-34)21-13-20-32-25-35(41-47-32)46-27-29-14-7-4-8-15-29/h4-9,11-12,14-16,18-19,23-25,28,36H,2-3,10,13,17,20-22,26-27H2,1H3. The highest BCUT2D eigenvalue weighted by atomic mass is 35.5. The van der Waals surface area contributed by atoms with E-state index in [2.05, 4.69) is 51.9 Å². The van der Waals surface area contributed by atoms with Crippen LogP contribution in [0, 0.1) is 0 Å². The molecule has 2 aromatic heterocycles. The average molecular weight is 653 g/mol. The molecule has 0 amide bonds. The van der Waals surface area contributed by atoms with Gasteiger partial charge in [0.25, 0.3) is 5.88 Å². The Hall–Kier alpha value is -4.53. The van der Waals surface area contributed by atoms with Crippen LogP contribution in [0.15, 0.2) is 120 Å². The summed E-state index contributed by atoms with van der Waals surface area (Å²) in [6.45, 7) is 4.77. The van der Waals surface area contributed by atoms with Crippen molar-refractivity contribution < 1.29 is 18.7 Å². The Morgan fingerprint density at radius 3 is 2.62 bits per heavy atom. The molecule has 244 valence electrons. The lowest BCUT2D eigenvalue weighted by atomic mass is 9.94. The van der Waals surface area contributed by atoms with E-state index >= 15 is 0 Å². The number of rotatable bonds is 16. The fraction of sp³-hybridized carbons (Fsp3) is 0.316. The van der Waals surface area contributed by atoms with Gasteiger partial charge in [0.15, 0.2) is 10.9 Å². The molecule has 6 rings (SSSR count). The summed E-state index contributed by atoms with van der Waals surface area (Å²) in [7, 11) is 0. The fourth-order valence-corrected chi connectivity index (χ4v) is 6.22. The van der Waals surface area contributed by atoms with Gasteiger partial charge < -0.3 is 23.3 Å². The molecule has 1 aliphatic heterocycles. The van der Waals surface area contributed by atoms with Gasteiger partial charge in [-0.15, -0.1) is 0 Å². The van der Waals surface area contributed by atoms with Gasteiger partial charge in [0.05, 0.1) is 11.7 Å². The van der Waals surface area contributed by atoms with Crippen LogP contribution in [0.5, 0.6) is 5.88 Å². The molecule has 9 heteroatoms. The Labute approximate surface area is 281 Å². The molecule has 4 aromatic rings. The summed E-state index contributed by atoms with van der Waals surface area (Å²) in [5.74, 6) is 2.90.